The van der Waals surface area contributed by atoms with Gasteiger partial charge in [-0.2, -0.15) is 4.31 Å². The van der Waals surface area contributed by atoms with Gasteiger partial charge in [0, 0.05) is 19.6 Å². The van der Waals surface area contributed by atoms with E-state index in [-0.39, 0.29) is 16.8 Å². The quantitative estimate of drug-likeness (QED) is 0.784. The van der Waals surface area contributed by atoms with E-state index < -0.39 is 22.5 Å². The average Bonchev–Trinajstić information content (AvgIpc) is 2.65. The summed E-state index contributed by atoms with van der Waals surface area (Å²) >= 11 is 0. The van der Waals surface area contributed by atoms with E-state index in [0.717, 1.165) is 18.5 Å². The lowest BCUT2D eigenvalue weighted by Crippen LogP contribution is -2.56. The maximum atomic E-state index is 12.9. The highest BCUT2D eigenvalue weighted by Gasteiger charge is 2.40. The first-order valence-corrected chi connectivity index (χ1v) is 10.7. The topological polar surface area (TPSA) is 98.2 Å². The molecule has 0 saturated carbocycles. The van der Waals surface area contributed by atoms with Crippen molar-refractivity contribution in [2.75, 3.05) is 36.0 Å². The van der Waals surface area contributed by atoms with E-state index in [1.54, 1.807) is 26.0 Å². The van der Waals surface area contributed by atoms with Crippen molar-refractivity contribution in [2.24, 2.45) is 0 Å². The van der Waals surface area contributed by atoms with Gasteiger partial charge in [-0.3, -0.25) is 14.5 Å². The number of hydrogen-bond acceptors (Lipinski definition) is 5. The van der Waals surface area contributed by atoms with Crippen molar-refractivity contribution >= 4 is 33.3 Å². The number of carboxylic acid groups (broad SMARTS) is 1. The Hall–Kier alpha value is -2.13. The number of fused-ring (bicyclic) bond motifs is 3. The van der Waals surface area contributed by atoms with Crippen LogP contribution in [0.4, 0.5) is 11.4 Å². The highest BCUT2D eigenvalue weighted by atomic mass is 32.2. The van der Waals surface area contributed by atoms with Gasteiger partial charge in [0.15, 0.2) is 0 Å². The Labute approximate surface area is 159 Å². The number of piperidine rings is 1. The molecule has 27 heavy (non-hydrogen) atoms. The largest absolute Gasteiger partial charge is 0.480 e. The number of carboxylic acids is 1. The number of anilines is 2. The van der Waals surface area contributed by atoms with Crippen LogP contribution in [0, 0.1) is 0 Å². The average molecular weight is 395 g/mol. The molecule has 0 aromatic heterocycles. The summed E-state index contributed by atoms with van der Waals surface area (Å²) in [4.78, 5) is 27.5. The van der Waals surface area contributed by atoms with Gasteiger partial charge in [0.2, 0.25) is 15.9 Å². The van der Waals surface area contributed by atoms with Crippen molar-refractivity contribution in [2.45, 2.75) is 44.0 Å². The summed E-state index contributed by atoms with van der Waals surface area (Å²) in [7, 11) is -3.70. The molecule has 148 valence electrons. The van der Waals surface area contributed by atoms with Crippen LogP contribution >= 0.6 is 0 Å². The lowest BCUT2D eigenvalue weighted by molar-refractivity contribution is -0.137. The second-order valence-electron chi connectivity index (χ2n) is 6.76. The molecule has 9 heteroatoms. The van der Waals surface area contributed by atoms with Crippen LogP contribution in [0.25, 0.3) is 0 Å². The third kappa shape index (κ3) is 3.41. The van der Waals surface area contributed by atoms with Crippen LogP contribution in [0.1, 0.15) is 33.1 Å². The summed E-state index contributed by atoms with van der Waals surface area (Å²) in [6, 6.07) is 4.31. The van der Waals surface area contributed by atoms with Gasteiger partial charge in [0.25, 0.3) is 0 Å². The van der Waals surface area contributed by atoms with E-state index in [1.165, 1.54) is 15.3 Å². The lowest BCUT2D eigenvalue weighted by atomic mass is 9.96. The number of nitrogens with zero attached hydrogens (tertiary/aromatic N) is 3. The third-order valence-electron chi connectivity index (χ3n) is 5.24. The Morgan fingerprint density at radius 3 is 2.56 bits per heavy atom. The van der Waals surface area contributed by atoms with E-state index in [2.05, 4.69) is 0 Å². The van der Waals surface area contributed by atoms with Crippen LogP contribution in [0.5, 0.6) is 0 Å². The van der Waals surface area contributed by atoms with E-state index in [9.17, 15) is 23.1 Å². The smallest absolute Gasteiger partial charge is 0.323 e. The molecule has 2 aliphatic heterocycles. The molecule has 1 aromatic rings. The molecule has 3 rings (SSSR count). The van der Waals surface area contributed by atoms with Crippen LogP contribution in [0.15, 0.2) is 23.1 Å². The Bertz CT molecular complexity index is 851. The van der Waals surface area contributed by atoms with Crippen LogP contribution in [-0.2, 0) is 19.6 Å². The maximum Gasteiger partial charge on any atom is 0.323 e. The molecule has 0 aliphatic carbocycles. The van der Waals surface area contributed by atoms with Crippen molar-refractivity contribution in [3.8, 4) is 0 Å². The highest BCUT2D eigenvalue weighted by Crippen LogP contribution is 2.40. The fraction of sp³-hybridized carbons (Fsp3) is 0.556. The number of carbonyl (C=O) groups is 2. The molecule has 1 N–H and O–H groups in total. The molecule has 1 aromatic carbocycles. The second-order valence-corrected chi connectivity index (χ2v) is 8.70. The molecule has 1 atom stereocenters. The molecule has 2 heterocycles. The molecule has 1 amide bonds. The molecular weight excluding hydrogens is 370 g/mol. The third-order valence-corrected chi connectivity index (χ3v) is 7.28. The summed E-state index contributed by atoms with van der Waals surface area (Å²) in [6.07, 6.45) is 2.53. The summed E-state index contributed by atoms with van der Waals surface area (Å²) in [6.45, 7) is 4.41. The monoisotopic (exact) mass is 395 g/mol. The van der Waals surface area contributed by atoms with E-state index in [1.807, 2.05) is 4.90 Å². The van der Waals surface area contributed by atoms with Crippen molar-refractivity contribution in [1.29, 1.82) is 0 Å². The SMILES string of the molecule is CCN(CC)S(=O)(=O)c1ccc2c(c1)N(CC(=O)O)C(=O)C1CCCCN21. The van der Waals surface area contributed by atoms with Crippen LogP contribution < -0.4 is 9.80 Å². The molecule has 2 aliphatic rings. The van der Waals surface area contributed by atoms with Gasteiger partial charge < -0.3 is 10.0 Å². The van der Waals surface area contributed by atoms with Crippen molar-refractivity contribution in [3.05, 3.63) is 18.2 Å². The molecular formula is C18H25N3O5S. The van der Waals surface area contributed by atoms with Gasteiger partial charge in [0.1, 0.15) is 12.6 Å². The molecule has 0 radical (unpaired) electrons. The standard InChI is InChI=1S/C18H25N3O5S/c1-3-19(4-2)27(25,26)13-8-9-14-16(11-13)21(12-17(22)23)18(24)15-7-5-6-10-20(14)15/h8-9,11,15H,3-7,10,12H2,1-2H3,(H,22,23). The zero-order chi connectivity index (χ0) is 19.8. The zero-order valence-electron chi connectivity index (χ0n) is 15.6. The summed E-state index contributed by atoms with van der Waals surface area (Å²) < 4.78 is 27.1. The lowest BCUT2D eigenvalue weighted by Gasteiger charge is -2.45. The number of sulfonamides is 1. The summed E-state index contributed by atoms with van der Waals surface area (Å²) in [5.41, 5.74) is 1.08. The second kappa shape index (κ2) is 7.47. The van der Waals surface area contributed by atoms with Crippen molar-refractivity contribution in [1.82, 2.24) is 4.31 Å². The highest BCUT2D eigenvalue weighted by molar-refractivity contribution is 7.89. The first-order valence-electron chi connectivity index (χ1n) is 9.25. The van der Waals surface area contributed by atoms with E-state index in [4.69, 9.17) is 0 Å². The Morgan fingerprint density at radius 2 is 1.93 bits per heavy atom. The van der Waals surface area contributed by atoms with Gasteiger partial charge in [0.05, 0.1) is 16.3 Å². The number of hydrogen-bond donors (Lipinski definition) is 1. The molecule has 1 unspecified atom stereocenters. The molecule has 1 saturated heterocycles. The van der Waals surface area contributed by atoms with Crippen molar-refractivity contribution in [3.63, 3.8) is 0 Å². The fourth-order valence-corrected chi connectivity index (χ4v) is 5.39. The Balaban J connectivity index is 2.12. The fourth-order valence-electron chi connectivity index (χ4n) is 3.91. The number of carbonyl (C=O) groups excluding carboxylic acids is 1. The summed E-state index contributed by atoms with van der Waals surface area (Å²) in [5, 5.41) is 9.26. The normalized spacial score (nSPS) is 19.8. The minimum absolute atomic E-state index is 0.0728. The number of aliphatic carboxylic acids is 1. The summed E-state index contributed by atoms with van der Waals surface area (Å²) in [5.74, 6) is -1.41. The Morgan fingerprint density at radius 1 is 1.22 bits per heavy atom. The predicted octanol–water partition coefficient (Wildman–Crippen LogP) is 1.51. The van der Waals surface area contributed by atoms with E-state index in [0.29, 0.717) is 31.7 Å². The predicted molar refractivity (Wildman–Crippen MR) is 102 cm³/mol. The zero-order valence-corrected chi connectivity index (χ0v) is 16.4. The van der Waals surface area contributed by atoms with Gasteiger partial charge in [-0.15, -0.1) is 0 Å². The van der Waals surface area contributed by atoms with Gasteiger partial charge in [-0.25, -0.2) is 8.42 Å². The van der Waals surface area contributed by atoms with Crippen LogP contribution in [-0.4, -0.2) is 61.9 Å². The minimum Gasteiger partial charge on any atom is -0.480 e. The van der Waals surface area contributed by atoms with Gasteiger partial charge in [-0.1, -0.05) is 13.8 Å². The Kier molecular flexibility index (Phi) is 5.43. The number of amides is 1. The number of benzene rings is 1. The first-order chi connectivity index (χ1) is 12.8. The van der Waals surface area contributed by atoms with Gasteiger partial charge in [-0.05, 0) is 37.5 Å². The molecule has 0 bridgehead atoms. The van der Waals surface area contributed by atoms with Crippen LogP contribution in [0.2, 0.25) is 0 Å². The molecule has 0 spiro atoms. The first kappa shape index (κ1) is 19.6. The molecule has 8 nitrogen and oxygen atoms in total. The van der Waals surface area contributed by atoms with Crippen molar-refractivity contribution < 1.29 is 23.1 Å². The molecule has 1 fully saturated rings. The minimum atomic E-state index is -3.70. The maximum absolute atomic E-state index is 12.9. The van der Waals surface area contributed by atoms with Crippen LogP contribution in [0.3, 0.4) is 0 Å². The van der Waals surface area contributed by atoms with Gasteiger partial charge >= 0.3 is 5.97 Å². The number of rotatable bonds is 6. The van der Waals surface area contributed by atoms with E-state index >= 15 is 0 Å².